The lowest BCUT2D eigenvalue weighted by molar-refractivity contribution is 0.230. The van der Waals surface area contributed by atoms with Crippen LogP contribution in [0.2, 0.25) is 0 Å². The first kappa shape index (κ1) is 15.8. The van der Waals surface area contributed by atoms with Gasteiger partial charge < -0.3 is 4.90 Å². The van der Waals surface area contributed by atoms with Gasteiger partial charge in [-0.2, -0.15) is 0 Å². The molecule has 1 saturated heterocycles. The first-order chi connectivity index (χ1) is 9.60. The highest BCUT2D eigenvalue weighted by atomic mass is 15.1. The van der Waals surface area contributed by atoms with Crippen molar-refractivity contribution >= 4 is 0 Å². The molecule has 2 aliphatic rings. The lowest BCUT2D eigenvalue weighted by atomic mass is 9.79. The van der Waals surface area contributed by atoms with E-state index < -0.39 is 0 Å². The van der Waals surface area contributed by atoms with Gasteiger partial charge in [-0.15, -0.1) is 6.58 Å². The van der Waals surface area contributed by atoms with E-state index in [0.29, 0.717) is 5.92 Å². The molecule has 0 aromatic heterocycles. The van der Waals surface area contributed by atoms with Crippen LogP contribution in [0.15, 0.2) is 24.8 Å². The molecule has 1 aliphatic heterocycles. The summed E-state index contributed by atoms with van der Waals surface area (Å²) in [7, 11) is 2.28. The molecule has 0 saturated carbocycles. The molecule has 4 atom stereocenters. The minimum atomic E-state index is 0.679. The standard InChI is InChI=1S/C19H33N/c1-5-18(19-7-6-12-20(19)4)14-17-10-8-16(9-11-17)13-15(2)3/h5,8,10,15-19H,1,6-7,9,11-14H2,2-4H3/t16?,17-,18?,19?/m0/s1. The Morgan fingerprint density at radius 3 is 2.25 bits per heavy atom. The van der Waals surface area contributed by atoms with Crippen LogP contribution < -0.4 is 0 Å². The van der Waals surface area contributed by atoms with Crippen LogP contribution in [0.1, 0.15) is 52.4 Å². The van der Waals surface area contributed by atoms with Crippen molar-refractivity contribution in [1.29, 1.82) is 0 Å². The molecule has 1 aliphatic carbocycles. The molecule has 1 heteroatoms. The summed E-state index contributed by atoms with van der Waals surface area (Å²) in [6, 6.07) is 0.745. The topological polar surface area (TPSA) is 3.24 Å². The summed E-state index contributed by atoms with van der Waals surface area (Å²) < 4.78 is 0. The van der Waals surface area contributed by atoms with Crippen molar-refractivity contribution in [2.45, 2.75) is 58.4 Å². The van der Waals surface area contributed by atoms with Gasteiger partial charge in [0.25, 0.3) is 0 Å². The summed E-state index contributed by atoms with van der Waals surface area (Å²) in [6.07, 6.45) is 15.4. The molecule has 0 bridgehead atoms. The highest BCUT2D eigenvalue weighted by Crippen LogP contribution is 2.34. The van der Waals surface area contributed by atoms with Crippen LogP contribution in [0.25, 0.3) is 0 Å². The highest BCUT2D eigenvalue weighted by molar-refractivity contribution is 5.02. The normalized spacial score (nSPS) is 32.7. The number of hydrogen-bond donors (Lipinski definition) is 0. The van der Waals surface area contributed by atoms with Crippen LogP contribution in [0, 0.1) is 23.7 Å². The van der Waals surface area contributed by atoms with Gasteiger partial charge in [-0.1, -0.05) is 32.1 Å². The molecule has 0 radical (unpaired) electrons. The lowest BCUT2D eigenvalue weighted by Crippen LogP contribution is -2.32. The van der Waals surface area contributed by atoms with Gasteiger partial charge in [-0.05, 0) is 75.8 Å². The zero-order valence-electron chi connectivity index (χ0n) is 13.7. The van der Waals surface area contributed by atoms with Crippen molar-refractivity contribution in [2.24, 2.45) is 23.7 Å². The fourth-order valence-corrected chi connectivity index (χ4v) is 4.17. The Kier molecular flexibility index (Phi) is 5.89. The molecule has 1 heterocycles. The van der Waals surface area contributed by atoms with Crippen molar-refractivity contribution in [3.63, 3.8) is 0 Å². The van der Waals surface area contributed by atoms with Crippen molar-refractivity contribution in [3.05, 3.63) is 24.8 Å². The smallest absolute Gasteiger partial charge is 0.0156 e. The quantitative estimate of drug-likeness (QED) is 0.623. The molecule has 0 aromatic rings. The molecule has 0 spiro atoms. The Labute approximate surface area is 126 Å². The van der Waals surface area contributed by atoms with E-state index >= 15 is 0 Å². The van der Waals surface area contributed by atoms with E-state index in [9.17, 15) is 0 Å². The van der Waals surface area contributed by atoms with E-state index in [2.05, 4.69) is 50.6 Å². The second kappa shape index (κ2) is 7.45. The van der Waals surface area contributed by atoms with Crippen molar-refractivity contribution in [2.75, 3.05) is 13.6 Å². The molecule has 0 N–H and O–H groups in total. The molecular formula is C19H33N. The third kappa shape index (κ3) is 4.22. The zero-order chi connectivity index (χ0) is 14.5. The number of rotatable bonds is 6. The predicted octanol–water partition coefficient (Wildman–Crippen LogP) is 4.90. The van der Waals surface area contributed by atoms with Gasteiger partial charge in [0.1, 0.15) is 0 Å². The Balaban J connectivity index is 1.85. The lowest BCUT2D eigenvalue weighted by Gasteiger charge is -2.31. The monoisotopic (exact) mass is 275 g/mol. The van der Waals surface area contributed by atoms with Gasteiger partial charge in [0.2, 0.25) is 0 Å². The summed E-state index contributed by atoms with van der Waals surface area (Å²) in [4.78, 5) is 2.54. The predicted molar refractivity (Wildman–Crippen MR) is 88.8 cm³/mol. The maximum Gasteiger partial charge on any atom is 0.0156 e. The van der Waals surface area contributed by atoms with Gasteiger partial charge in [0.15, 0.2) is 0 Å². The van der Waals surface area contributed by atoms with E-state index in [1.165, 1.54) is 45.1 Å². The Morgan fingerprint density at radius 2 is 1.80 bits per heavy atom. The Bertz CT molecular complexity index is 331. The Hall–Kier alpha value is -0.560. The first-order valence-electron chi connectivity index (χ1n) is 8.61. The van der Waals surface area contributed by atoms with E-state index in [0.717, 1.165) is 23.8 Å². The largest absolute Gasteiger partial charge is 0.303 e. The second-order valence-electron chi connectivity index (χ2n) is 7.44. The molecule has 0 amide bonds. The van der Waals surface area contributed by atoms with Crippen LogP contribution in [-0.2, 0) is 0 Å². The van der Waals surface area contributed by atoms with Gasteiger partial charge in [0, 0.05) is 6.04 Å². The summed E-state index contributed by atoms with van der Waals surface area (Å²) in [5, 5.41) is 0. The number of nitrogens with zero attached hydrogens (tertiary/aromatic N) is 1. The van der Waals surface area contributed by atoms with Crippen molar-refractivity contribution < 1.29 is 0 Å². The van der Waals surface area contributed by atoms with Crippen LogP contribution in [0.5, 0.6) is 0 Å². The van der Waals surface area contributed by atoms with Gasteiger partial charge in [-0.3, -0.25) is 0 Å². The molecule has 3 unspecified atom stereocenters. The Morgan fingerprint density at radius 1 is 1.15 bits per heavy atom. The summed E-state index contributed by atoms with van der Waals surface area (Å²) in [5.74, 6) is 3.13. The molecule has 0 aromatic carbocycles. The number of allylic oxidation sites excluding steroid dienone is 2. The SMILES string of the molecule is C=CC(C[C@H]1C=CC(CC(C)C)CC1)C1CCCN1C. The summed E-state index contributed by atoms with van der Waals surface area (Å²) in [5.41, 5.74) is 0. The second-order valence-corrected chi connectivity index (χ2v) is 7.44. The fourth-order valence-electron chi connectivity index (χ4n) is 4.17. The van der Waals surface area contributed by atoms with Crippen LogP contribution in [0.4, 0.5) is 0 Å². The van der Waals surface area contributed by atoms with E-state index in [4.69, 9.17) is 0 Å². The minimum absolute atomic E-state index is 0.679. The molecule has 1 fully saturated rings. The zero-order valence-corrected chi connectivity index (χ0v) is 13.7. The third-order valence-corrected chi connectivity index (χ3v) is 5.29. The molecule has 114 valence electrons. The van der Waals surface area contributed by atoms with Crippen LogP contribution in [0.3, 0.4) is 0 Å². The maximum atomic E-state index is 4.11. The van der Waals surface area contributed by atoms with Gasteiger partial charge >= 0.3 is 0 Å². The molecule has 2 rings (SSSR count). The van der Waals surface area contributed by atoms with Crippen molar-refractivity contribution in [1.82, 2.24) is 4.90 Å². The maximum absolute atomic E-state index is 4.11. The molecular weight excluding hydrogens is 242 g/mol. The third-order valence-electron chi connectivity index (χ3n) is 5.29. The van der Waals surface area contributed by atoms with E-state index in [1.807, 2.05) is 0 Å². The van der Waals surface area contributed by atoms with Crippen LogP contribution >= 0.6 is 0 Å². The molecule has 20 heavy (non-hydrogen) atoms. The van der Waals surface area contributed by atoms with E-state index in [1.54, 1.807) is 0 Å². The fraction of sp³-hybridized carbons (Fsp3) is 0.789. The van der Waals surface area contributed by atoms with Crippen LogP contribution in [-0.4, -0.2) is 24.5 Å². The average molecular weight is 275 g/mol. The van der Waals surface area contributed by atoms with E-state index in [-0.39, 0.29) is 0 Å². The summed E-state index contributed by atoms with van der Waals surface area (Å²) in [6.45, 7) is 10.1. The highest BCUT2D eigenvalue weighted by Gasteiger charge is 2.29. The summed E-state index contributed by atoms with van der Waals surface area (Å²) >= 11 is 0. The van der Waals surface area contributed by atoms with Gasteiger partial charge in [0.05, 0.1) is 0 Å². The van der Waals surface area contributed by atoms with Gasteiger partial charge in [-0.25, -0.2) is 0 Å². The average Bonchev–Trinajstić information content (AvgIpc) is 2.83. The first-order valence-corrected chi connectivity index (χ1v) is 8.61. The number of hydrogen-bond acceptors (Lipinski definition) is 1. The minimum Gasteiger partial charge on any atom is -0.303 e. The molecule has 1 nitrogen and oxygen atoms in total. The number of likely N-dealkylation sites (tertiary alicyclic amines) is 1. The van der Waals surface area contributed by atoms with Crippen molar-refractivity contribution in [3.8, 4) is 0 Å².